The predicted octanol–water partition coefficient (Wildman–Crippen LogP) is 0.746. The van der Waals surface area contributed by atoms with Gasteiger partial charge in [0.15, 0.2) is 5.88 Å². The molecule has 0 saturated carbocycles. The van der Waals surface area contributed by atoms with Crippen molar-refractivity contribution in [2.24, 2.45) is 5.92 Å². The van der Waals surface area contributed by atoms with Gasteiger partial charge in [0, 0.05) is 19.2 Å². The van der Waals surface area contributed by atoms with Gasteiger partial charge in [-0.2, -0.15) is 0 Å². The van der Waals surface area contributed by atoms with Crippen LogP contribution in [0.25, 0.3) is 0 Å². The largest absolute Gasteiger partial charge is 0.446 e. The summed E-state index contributed by atoms with van der Waals surface area (Å²) in [6, 6.07) is 3.59. The van der Waals surface area contributed by atoms with Gasteiger partial charge in [0.25, 0.3) is 0 Å². The van der Waals surface area contributed by atoms with E-state index < -0.39 is 0 Å². The van der Waals surface area contributed by atoms with Gasteiger partial charge in [0.05, 0.1) is 5.92 Å². The normalized spacial score (nSPS) is 16.7. The second-order valence-electron chi connectivity index (χ2n) is 3.25. The van der Waals surface area contributed by atoms with Gasteiger partial charge in [-0.1, -0.05) is 0 Å². The van der Waals surface area contributed by atoms with E-state index in [0.29, 0.717) is 5.88 Å². The number of hydrogen-bond acceptors (Lipinski definition) is 3. The zero-order valence-electron chi connectivity index (χ0n) is 7.46. The lowest BCUT2D eigenvalue weighted by Crippen LogP contribution is -2.48. The molecule has 1 aliphatic rings. The molecule has 0 atom stereocenters. The van der Waals surface area contributed by atoms with Crippen LogP contribution in [-0.4, -0.2) is 19.0 Å². The van der Waals surface area contributed by atoms with Gasteiger partial charge in [0.2, 0.25) is 5.91 Å². The van der Waals surface area contributed by atoms with Crippen LogP contribution in [0.2, 0.25) is 0 Å². The average molecular weight is 180 g/mol. The highest BCUT2D eigenvalue weighted by molar-refractivity contribution is 5.92. The van der Waals surface area contributed by atoms with Gasteiger partial charge in [-0.3, -0.25) is 10.1 Å². The molecule has 70 valence electrons. The first-order valence-corrected chi connectivity index (χ1v) is 4.34. The number of carbonyl (C=O) groups excluding carboxylic acids is 1. The van der Waals surface area contributed by atoms with Crippen molar-refractivity contribution < 1.29 is 9.21 Å². The van der Waals surface area contributed by atoms with Gasteiger partial charge in [0.1, 0.15) is 5.76 Å². The number of hydrogen-bond donors (Lipinski definition) is 2. The monoisotopic (exact) mass is 180 g/mol. The van der Waals surface area contributed by atoms with E-state index in [1.807, 2.05) is 13.0 Å². The summed E-state index contributed by atoms with van der Waals surface area (Å²) in [5.41, 5.74) is 0. The average Bonchev–Trinajstić information content (AvgIpc) is 2.31. The van der Waals surface area contributed by atoms with Crippen molar-refractivity contribution in [1.82, 2.24) is 5.32 Å². The molecule has 1 aromatic rings. The summed E-state index contributed by atoms with van der Waals surface area (Å²) in [4.78, 5) is 11.4. The molecule has 1 aliphatic heterocycles. The predicted molar refractivity (Wildman–Crippen MR) is 48.4 cm³/mol. The van der Waals surface area contributed by atoms with Crippen LogP contribution in [0.5, 0.6) is 0 Å². The Morgan fingerprint density at radius 2 is 2.38 bits per heavy atom. The highest BCUT2D eigenvalue weighted by Gasteiger charge is 2.25. The Hall–Kier alpha value is -1.29. The van der Waals surface area contributed by atoms with Crippen molar-refractivity contribution in [3.8, 4) is 0 Å². The van der Waals surface area contributed by atoms with Crippen LogP contribution in [0.3, 0.4) is 0 Å². The van der Waals surface area contributed by atoms with E-state index in [2.05, 4.69) is 10.6 Å². The number of aryl methyl sites for hydroxylation is 1. The fraction of sp³-hybridized carbons (Fsp3) is 0.444. The van der Waals surface area contributed by atoms with Crippen molar-refractivity contribution in [1.29, 1.82) is 0 Å². The van der Waals surface area contributed by atoms with Crippen molar-refractivity contribution in [2.45, 2.75) is 6.92 Å². The van der Waals surface area contributed by atoms with Crippen LogP contribution in [0.1, 0.15) is 5.76 Å². The van der Waals surface area contributed by atoms with Gasteiger partial charge >= 0.3 is 0 Å². The molecule has 0 radical (unpaired) electrons. The fourth-order valence-corrected chi connectivity index (χ4v) is 1.20. The summed E-state index contributed by atoms with van der Waals surface area (Å²) in [6.07, 6.45) is 0. The van der Waals surface area contributed by atoms with Gasteiger partial charge < -0.3 is 9.73 Å². The van der Waals surface area contributed by atoms with E-state index in [9.17, 15) is 4.79 Å². The topological polar surface area (TPSA) is 54.3 Å². The number of furan rings is 1. The van der Waals surface area contributed by atoms with Crippen molar-refractivity contribution in [2.75, 3.05) is 18.4 Å². The molecule has 1 amide bonds. The minimum absolute atomic E-state index is 0.0353. The summed E-state index contributed by atoms with van der Waals surface area (Å²) < 4.78 is 5.22. The van der Waals surface area contributed by atoms with Crippen LogP contribution in [-0.2, 0) is 4.79 Å². The molecule has 0 aromatic carbocycles. The molecular formula is C9H12N2O2. The maximum Gasteiger partial charge on any atom is 0.232 e. The summed E-state index contributed by atoms with van der Waals surface area (Å²) in [5.74, 6) is 1.48. The third-order valence-electron chi connectivity index (χ3n) is 2.14. The molecule has 2 rings (SSSR count). The number of carbonyl (C=O) groups is 1. The molecule has 1 aromatic heterocycles. The van der Waals surface area contributed by atoms with E-state index in [1.165, 1.54) is 0 Å². The lowest BCUT2D eigenvalue weighted by atomic mass is 10.0. The quantitative estimate of drug-likeness (QED) is 0.706. The molecule has 1 saturated heterocycles. The third kappa shape index (κ3) is 1.72. The van der Waals surface area contributed by atoms with Crippen molar-refractivity contribution in [3.63, 3.8) is 0 Å². The van der Waals surface area contributed by atoms with Crippen LogP contribution >= 0.6 is 0 Å². The molecular weight excluding hydrogens is 168 g/mol. The lowest BCUT2D eigenvalue weighted by Gasteiger charge is -2.25. The molecule has 1 fully saturated rings. The maximum absolute atomic E-state index is 11.4. The summed E-state index contributed by atoms with van der Waals surface area (Å²) in [6.45, 7) is 3.39. The lowest BCUT2D eigenvalue weighted by molar-refractivity contribution is -0.121. The summed E-state index contributed by atoms with van der Waals surface area (Å²) >= 11 is 0. The highest BCUT2D eigenvalue weighted by atomic mass is 16.4. The minimum Gasteiger partial charge on any atom is -0.446 e. The molecule has 0 unspecified atom stereocenters. The summed E-state index contributed by atoms with van der Waals surface area (Å²) in [7, 11) is 0. The van der Waals surface area contributed by atoms with Crippen LogP contribution < -0.4 is 10.6 Å². The summed E-state index contributed by atoms with van der Waals surface area (Å²) in [5, 5.41) is 5.76. The van der Waals surface area contributed by atoms with Crippen molar-refractivity contribution in [3.05, 3.63) is 17.9 Å². The smallest absolute Gasteiger partial charge is 0.232 e. The molecule has 0 spiro atoms. The maximum atomic E-state index is 11.4. The zero-order valence-corrected chi connectivity index (χ0v) is 7.46. The molecule has 0 aliphatic carbocycles. The van der Waals surface area contributed by atoms with E-state index in [0.717, 1.165) is 18.8 Å². The molecule has 0 bridgehead atoms. The highest BCUT2D eigenvalue weighted by Crippen LogP contribution is 2.14. The zero-order chi connectivity index (χ0) is 9.26. The Labute approximate surface area is 76.3 Å². The first-order chi connectivity index (χ1) is 6.25. The van der Waals surface area contributed by atoms with Gasteiger partial charge in [-0.25, -0.2) is 0 Å². The first kappa shape index (κ1) is 8.31. The van der Waals surface area contributed by atoms with Crippen LogP contribution in [0, 0.1) is 12.8 Å². The second-order valence-corrected chi connectivity index (χ2v) is 3.25. The number of rotatable bonds is 2. The molecule has 4 heteroatoms. The molecule has 2 N–H and O–H groups in total. The molecule has 4 nitrogen and oxygen atoms in total. The fourth-order valence-electron chi connectivity index (χ4n) is 1.20. The Balaban J connectivity index is 1.93. The second kappa shape index (κ2) is 3.22. The number of amides is 1. The number of nitrogens with one attached hydrogen (secondary N) is 2. The standard InChI is InChI=1S/C9H12N2O2/c1-6-2-3-8(13-6)11-9(12)7-4-10-5-7/h2-3,7,10H,4-5H2,1H3,(H,11,12). The molecule has 2 heterocycles. The van der Waals surface area contributed by atoms with Gasteiger partial charge in [-0.05, 0) is 13.0 Å². The van der Waals surface area contributed by atoms with E-state index in [-0.39, 0.29) is 11.8 Å². The van der Waals surface area contributed by atoms with Crippen LogP contribution in [0.4, 0.5) is 5.88 Å². The van der Waals surface area contributed by atoms with Gasteiger partial charge in [-0.15, -0.1) is 0 Å². The SMILES string of the molecule is Cc1ccc(NC(=O)C2CNC2)o1. The Kier molecular flexibility index (Phi) is 2.06. The Morgan fingerprint density at radius 3 is 2.85 bits per heavy atom. The number of anilines is 1. The third-order valence-corrected chi connectivity index (χ3v) is 2.14. The van der Waals surface area contributed by atoms with E-state index in [1.54, 1.807) is 6.07 Å². The van der Waals surface area contributed by atoms with Crippen LogP contribution in [0.15, 0.2) is 16.5 Å². The van der Waals surface area contributed by atoms with E-state index in [4.69, 9.17) is 4.42 Å². The first-order valence-electron chi connectivity index (χ1n) is 4.34. The Bertz CT molecular complexity index is 315. The van der Waals surface area contributed by atoms with Crippen molar-refractivity contribution >= 4 is 11.8 Å². The molecule has 13 heavy (non-hydrogen) atoms. The minimum atomic E-state index is 0.0353. The van der Waals surface area contributed by atoms with E-state index >= 15 is 0 Å². The Morgan fingerprint density at radius 1 is 1.62 bits per heavy atom.